The summed E-state index contributed by atoms with van der Waals surface area (Å²) in [4.78, 5) is 34.1. The fourth-order valence-corrected chi connectivity index (χ4v) is 2.76. The highest BCUT2D eigenvalue weighted by molar-refractivity contribution is 5.91. The molecule has 1 aromatic rings. The monoisotopic (exact) mass is 352 g/mol. The average Bonchev–Trinajstić information content (AvgIpc) is 3.41. The van der Waals surface area contributed by atoms with Gasteiger partial charge in [-0.15, -0.1) is 0 Å². The molecule has 0 bridgehead atoms. The Labute approximate surface area is 143 Å². The molecule has 2 fully saturated rings. The van der Waals surface area contributed by atoms with Crippen molar-refractivity contribution < 1.29 is 23.5 Å². The van der Waals surface area contributed by atoms with Gasteiger partial charge in [0.1, 0.15) is 5.82 Å². The van der Waals surface area contributed by atoms with Crippen LogP contribution in [-0.4, -0.2) is 71.2 Å². The molecule has 2 heterocycles. The molecule has 134 valence electrons. The van der Waals surface area contributed by atoms with E-state index >= 15 is 0 Å². The van der Waals surface area contributed by atoms with Gasteiger partial charge in [0, 0.05) is 44.2 Å². The minimum Gasteiger partial charge on any atom is -0.479 e. The number of aromatic nitrogens is 1. The minimum atomic E-state index is -2.99. The van der Waals surface area contributed by atoms with Crippen LogP contribution in [0.25, 0.3) is 0 Å². The van der Waals surface area contributed by atoms with Gasteiger partial charge in [-0.05, 0) is 25.0 Å². The molecule has 1 amide bonds. The molecule has 3 rings (SSSR count). The van der Waals surface area contributed by atoms with Crippen LogP contribution in [-0.2, 0) is 9.59 Å². The Hall–Kier alpha value is -2.58. The second kappa shape index (κ2) is 6.73. The van der Waals surface area contributed by atoms with Gasteiger partial charge in [-0.25, -0.2) is 9.78 Å². The number of pyridine rings is 1. The first kappa shape index (κ1) is 17.2. The molecule has 1 N–H and O–H groups in total. The molecular weight excluding hydrogens is 334 g/mol. The normalized spacial score (nSPS) is 19.5. The molecule has 1 aliphatic carbocycles. The average molecular weight is 352 g/mol. The lowest BCUT2D eigenvalue weighted by Crippen LogP contribution is -2.50. The van der Waals surface area contributed by atoms with E-state index in [4.69, 9.17) is 0 Å². The Morgan fingerprint density at radius 2 is 1.96 bits per heavy atom. The number of aliphatic imine (C=N–C) groups is 1. The van der Waals surface area contributed by atoms with Crippen molar-refractivity contribution in [3.63, 3.8) is 0 Å². The Morgan fingerprint density at radius 3 is 2.52 bits per heavy atom. The molecule has 1 aliphatic heterocycles. The highest BCUT2D eigenvalue weighted by Crippen LogP contribution is 2.40. The lowest BCUT2D eigenvalue weighted by atomic mass is 10.2. The molecule has 0 unspecified atom stereocenters. The van der Waals surface area contributed by atoms with Crippen LogP contribution in [0.2, 0.25) is 0 Å². The van der Waals surface area contributed by atoms with Crippen LogP contribution in [0, 0.1) is 0 Å². The molecule has 1 saturated heterocycles. The molecule has 2 aliphatic rings. The minimum absolute atomic E-state index is 0.190. The number of aliphatic carboxylic acids is 1. The third kappa shape index (κ3) is 3.59. The number of anilines is 1. The van der Waals surface area contributed by atoms with Gasteiger partial charge < -0.3 is 14.9 Å². The number of hydrogen-bond donors (Lipinski definition) is 1. The molecule has 25 heavy (non-hydrogen) atoms. The van der Waals surface area contributed by atoms with E-state index < -0.39 is 23.8 Å². The summed E-state index contributed by atoms with van der Waals surface area (Å²) < 4.78 is 25.0. The zero-order valence-electron chi connectivity index (χ0n) is 13.4. The molecule has 0 radical (unpaired) electrons. The summed E-state index contributed by atoms with van der Waals surface area (Å²) >= 11 is 0. The first-order valence-electron chi connectivity index (χ1n) is 7.98. The van der Waals surface area contributed by atoms with Crippen molar-refractivity contribution in [1.82, 2.24) is 9.88 Å². The van der Waals surface area contributed by atoms with Crippen molar-refractivity contribution in [2.75, 3.05) is 31.1 Å². The molecular formula is C16H18F2N4O3. The summed E-state index contributed by atoms with van der Waals surface area (Å²) in [5.74, 6) is -1.48. The van der Waals surface area contributed by atoms with Crippen LogP contribution in [0.3, 0.4) is 0 Å². The van der Waals surface area contributed by atoms with E-state index in [0.717, 1.165) is 4.90 Å². The predicted octanol–water partition coefficient (Wildman–Crippen LogP) is 1.03. The summed E-state index contributed by atoms with van der Waals surface area (Å²) in [7, 11) is 0. The summed E-state index contributed by atoms with van der Waals surface area (Å²) in [6, 6.07) is 3.50. The van der Waals surface area contributed by atoms with Crippen molar-refractivity contribution in [3.8, 4) is 0 Å². The third-order valence-electron chi connectivity index (χ3n) is 4.47. The van der Waals surface area contributed by atoms with Crippen LogP contribution in [0.15, 0.2) is 23.3 Å². The van der Waals surface area contributed by atoms with Gasteiger partial charge in [-0.1, -0.05) is 0 Å². The van der Waals surface area contributed by atoms with Gasteiger partial charge in [-0.3, -0.25) is 9.79 Å². The van der Waals surface area contributed by atoms with Crippen LogP contribution in [0.1, 0.15) is 18.4 Å². The standard InChI is InChI=1S/C16H18F2N4O3/c17-12(18)14(23)22-8-6-21(7-9-22)13-11(2-1-5-19-13)10-20-16(3-4-16)15(24)25/h1-2,5,10,12H,3-4,6-9H2,(H,24,25). The van der Waals surface area contributed by atoms with Crippen molar-refractivity contribution in [1.29, 1.82) is 0 Å². The number of halogens is 2. The predicted molar refractivity (Wildman–Crippen MR) is 86.2 cm³/mol. The fourth-order valence-electron chi connectivity index (χ4n) is 2.76. The topological polar surface area (TPSA) is 86.1 Å². The maximum Gasteiger partial charge on any atom is 0.331 e. The lowest BCUT2D eigenvalue weighted by molar-refractivity contribution is -0.143. The largest absolute Gasteiger partial charge is 0.479 e. The highest BCUT2D eigenvalue weighted by Gasteiger charge is 2.50. The zero-order chi connectivity index (χ0) is 18.0. The smallest absolute Gasteiger partial charge is 0.331 e. The van der Waals surface area contributed by atoms with Crippen molar-refractivity contribution in [2.24, 2.45) is 4.99 Å². The van der Waals surface area contributed by atoms with E-state index in [1.54, 1.807) is 18.3 Å². The van der Waals surface area contributed by atoms with Gasteiger partial charge in [0.25, 0.3) is 5.91 Å². The van der Waals surface area contributed by atoms with Crippen molar-refractivity contribution in [2.45, 2.75) is 24.8 Å². The van der Waals surface area contributed by atoms with Gasteiger partial charge in [0.05, 0.1) is 0 Å². The Bertz CT molecular complexity index is 698. The number of carbonyl (C=O) groups is 2. The summed E-state index contributed by atoms with van der Waals surface area (Å²) in [5.41, 5.74) is -0.348. The number of piperazine rings is 1. The summed E-state index contributed by atoms with van der Waals surface area (Å²) in [5, 5.41) is 9.19. The molecule has 9 heteroatoms. The first-order chi connectivity index (χ1) is 11.9. The number of carbonyl (C=O) groups excluding carboxylic acids is 1. The van der Waals surface area contributed by atoms with Crippen molar-refractivity contribution >= 4 is 23.9 Å². The van der Waals surface area contributed by atoms with Gasteiger partial charge in [0.2, 0.25) is 0 Å². The number of rotatable bonds is 5. The van der Waals surface area contributed by atoms with Gasteiger partial charge in [0.15, 0.2) is 5.54 Å². The van der Waals surface area contributed by atoms with E-state index in [0.29, 0.717) is 37.3 Å². The number of alkyl halides is 2. The van der Waals surface area contributed by atoms with Crippen LogP contribution < -0.4 is 4.90 Å². The molecule has 0 spiro atoms. The SMILES string of the molecule is O=C(C(F)F)N1CCN(c2ncccc2C=NC2(C(=O)O)CC2)CC1. The molecule has 0 aromatic carbocycles. The molecule has 1 saturated carbocycles. The Morgan fingerprint density at radius 1 is 1.28 bits per heavy atom. The van der Waals surface area contributed by atoms with E-state index in [-0.39, 0.29) is 13.1 Å². The number of carboxylic acid groups (broad SMARTS) is 1. The van der Waals surface area contributed by atoms with Gasteiger partial charge >= 0.3 is 12.4 Å². The summed E-state index contributed by atoms with van der Waals surface area (Å²) in [6.07, 6.45) is 1.16. The van der Waals surface area contributed by atoms with Crippen LogP contribution in [0.5, 0.6) is 0 Å². The van der Waals surface area contributed by atoms with E-state index in [1.807, 2.05) is 4.90 Å². The van der Waals surface area contributed by atoms with E-state index in [1.165, 1.54) is 6.21 Å². The summed E-state index contributed by atoms with van der Waals surface area (Å²) in [6.45, 7) is 1.13. The number of nitrogens with zero attached hydrogens (tertiary/aromatic N) is 4. The first-order valence-corrected chi connectivity index (χ1v) is 7.98. The fraction of sp³-hybridized carbons (Fsp3) is 0.500. The van der Waals surface area contributed by atoms with E-state index in [2.05, 4.69) is 9.98 Å². The molecule has 0 atom stereocenters. The van der Waals surface area contributed by atoms with Gasteiger partial charge in [-0.2, -0.15) is 8.78 Å². The highest BCUT2D eigenvalue weighted by atomic mass is 19.3. The number of carboxylic acids is 1. The van der Waals surface area contributed by atoms with Crippen molar-refractivity contribution in [3.05, 3.63) is 23.9 Å². The number of amides is 1. The lowest BCUT2D eigenvalue weighted by Gasteiger charge is -2.35. The maximum atomic E-state index is 12.5. The molecule has 1 aromatic heterocycles. The number of hydrogen-bond acceptors (Lipinski definition) is 5. The van der Waals surface area contributed by atoms with E-state index in [9.17, 15) is 23.5 Å². The molecule has 7 nitrogen and oxygen atoms in total. The quantitative estimate of drug-likeness (QED) is 0.800. The second-order valence-electron chi connectivity index (χ2n) is 6.12. The maximum absolute atomic E-state index is 12.5. The Kier molecular flexibility index (Phi) is 4.65. The Balaban J connectivity index is 1.71. The van der Waals surface area contributed by atoms with Crippen LogP contribution >= 0.6 is 0 Å². The van der Waals surface area contributed by atoms with Crippen LogP contribution in [0.4, 0.5) is 14.6 Å². The second-order valence-corrected chi connectivity index (χ2v) is 6.12. The zero-order valence-corrected chi connectivity index (χ0v) is 13.4. The third-order valence-corrected chi connectivity index (χ3v) is 4.47.